The van der Waals surface area contributed by atoms with Gasteiger partial charge < -0.3 is 13.9 Å². The van der Waals surface area contributed by atoms with Crippen molar-refractivity contribution in [1.29, 1.82) is 0 Å². The highest BCUT2D eigenvalue weighted by Crippen LogP contribution is 2.39. The van der Waals surface area contributed by atoms with E-state index in [9.17, 15) is 0 Å². The largest absolute Gasteiger partial charge is 0.451 e. The minimum Gasteiger partial charge on any atom is -0.451 e. The van der Waals surface area contributed by atoms with Crippen molar-refractivity contribution in [1.82, 2.24) is 0 Å². The van der Waals surface area contributed by atoms with Crippen LogP contribution in [0.4, 0.5) is 0 Å². The number of fused-ring (bicyclic) bond motifs is 1. The lowest BCUT2D eigenvalue weighted by atomic mass is 9.91. The van der Waals surface area contributed by atoms with E-state index >= 15 is 0 Å². The van der Waals surface area contributed by atoms with Gasteiger partial charge in [0.2, 0.25) is 0 Å². The fraction of sp³-hybridized carbons (Fsp3) is 0.300. The maximum Gasteiger partial charge on any atom is 0.165 e. The van der Waals surface area contributed by atoms with E-state index in [1.165, 1.54) is 15.7 Å². The second-order valence-electron chi connectivity index (χ2n) is 6.04. The van der Waals surface area contributed by atoms with Crippen LogP contribution in [-0.2, 0) is 15.1 Å². The standard InChI is InChI=1S/C20H20O3S/c1-21-20(10-12-22-13-11-20)18-8-9-19(23-18)24-17-7-6-15-4-2-3-5-16(15)14-17/h2-9,14H,10-13H2,1H3. The molecule has 0 radical (unpaired) electrons. The Hall–Kier alpha value is -1.75. The molecular formula is C20H20O3S. The number of hydrogen-bond donors (Lipinski definition) is 0. The topological polar surface area (TPSA) is 31.6 Å². The molecule has 3 aromatic rings. The molecule has 4 heteroatoms. The predicted molar refractivity (Wildman–Crippen MR) is 95.5 cm³/mol. The Morgan fingerprint density at radius 2 is 1.75 bits per heavy atom. The molecule has 0 saturated carbocycles. The molecule has 0 amide bonds. The average molecular weight is 340 g/mol. The first-order chi connectivity index (χ1) is 11.8. The molecule has 1 aliphatic rings. The van der Waals surface area contributed by atoms with Gasteiger partial charge in [0.15, 0.2) is 5.09 Å². The molecule has 0 unspecified atom stereocenters. The number of hydrogen-bond acceptors (Lipinski definition) is 4. The summed E-state index contributed by atoms with van der Waals surface area (Å²) in [5.74, 6) is 0.900. The van der Waals surface area contributed by atoms with Crippen LogP contribution in [0, 0.1) is 0 Å². The third kappa shape index (κ3) is 2.97. The van der Waals surface area contributed by atoms with E-state index in [1.54, 1.807) is 18.9 Å². The van der Waals surface area contributed by atoms with Crippen molar-refractivity contribution in [3.63, 3.8) is 0 Å². The lowest BCUT2D eigenvalue weighted by Gasteiger charge is -2.33. The quantitative estimate of drug-likeness (QED) is 0.650. The van der Waals surface area contributed by atoms with Gasteiger partial charge in [0.1, 0.15) is 11.4 Å². The van der Waals surface area contributed by atoms with Crippen molar-refractivity contribution >= 4 is 22.5 Å². The Morgan fingerprint density at radius 1 is 0.958 bits per heavy atom. The smallest absolute Gasteiger partial charge is 0.165 e. The van der Waals surface area contributed by atoms with Gasteiger partial charge in [-0.1, -0.05) is 42.1 Å². The molecule has 2 heterocycles. The van der Waals surface area contributed by atoms with Crippen LogP contribution in [0.25, 0.3) is 10.8 Å². The summed E-state index contributed by atoms with van der Waals surface area (Å²) >= 11 is 1.64. The molecule has 0 bridgehead atoms. The lowest BCUT2D eigenvalue weighted by molar-refractivity contribution is -0.107. The fourth-order valence-electron chi connectivity index (χ4n) is 3.22. The average Bonchev–Trinajstić information content (AvgIpc) is 3.11. The third-order valence-electron chi connectivity index (χ3n) is 4.66. The molecule has 0 aliphatic carbocycles. The van der Waals surface area contributed by atoms with E-state index in [0.717, 1.165) is 23.7 Å². The second-order valence-corrected chi connectivity index (χ2v) is 7.12. The predicted octanol–water partition coefficient (Wildman–Crippen LogP) is 5.24. The molecule has 124 valence electrons. The van der Waals surface area contributed by atoms with Crippen LogP contribution in [0.3, 0.4) is 0 Å². The Bertz CT molecular complexity index is 834. The molecule has 24 heavy (non-hydrogen) atoms. The second kappa shape index (κ2) is 6.63. The number of benzene rings is 2. The van der Waals surface area contributed by atoms with Gasteiger partial charge in [0.05, 0.1) is 0 Å². The number of rotatable bonds is 4. The van der Waals surface area contributed by atoms with Crippen molar-refractivity contribution in [2.24, 2.45) is 0 Å². The minimum absolute atomic E-state index is 0.347. The summed E-state index contributed by atoms with van der Waals surface area (Å²) in [5.41, 5.74) is -0.347. The van der Waals surface area contributed by atoms with Gasteiger partial charge in [-0.2, -0.15) is 0 Å². The first-order valence-electron chi connectivity index (χ1n) is 8.19. The first-order valence-corrected chi connectivity index (χ1v) is 9.01. The summed E-state index contributed by atoms with van der Waals surface area (Å²) in [6.07, 6.45) is 1.66. The van der Waals surface area contributed by atoms with Crippen molar-refractivity contribution in [3.05, 3.63) is 60.4 Å². The van der Waals surface area contributed by atoms with Gasteiger partial charge in [-0.15, -0.1) is 0 Å². The van der Waals surface area contributed by atoms with Gasteiger partial charge >= 0.3 is 0 Å². The zero-order chi connectivity index (χ0) is 16.4. The third-order valence-corrected chi connectivity index (χ3v) is 5.57. The SMILES string of the molecule is COC1(c2ccc(Sc3ccc4ccccc4c3)o2)CCOCC1. The molecule has 0 N–H and O–H groups in total. The van der Waals surface area contributed by atoms with E-state index in [2.05, 4.69) is 42.5 Å². The highest BCUT2D eigenvalue weighted by atomic mass is 32.2. The Balaban J connectivity index is 1.57. The van der Waals surface area contributed by atoms with Crippen molar-refractivity contribution < 1.29 is 13.9 Å². The summed E-state index contributed by atoms with van der Waals surface area (Å²) in [6.45, 7) is 1.42. The van der Waals surface area contributed by atoms with E-state index < -0.39 is 0 Å². The van der Waals surface area contributed by atoms with Gasteiger partial charge in [-0.05, 0) is 35.0 Å². The Morgan fingerprint density at radius 3 is 2.54 bits per heavy atom. The van der Waals surface area contributed by atoms with Gasteiger partial charge in [0.25, 0.3) is 0 Å². The first kappa shape index (κ1) is 15.8. The van der Waals surface area contributed by atoms with Crippen molar-refractivity contribution in [2.45, 2.75) is 28.4 Å². The van der Waals surface area contributed by atoms with Gasteiger partial charge in [0, 0.05) is 38.1 Å². The summed E-state index contributed by atoms with van der Waals surface area (Å²) in [5, 5.41) is 3.39. The molecule has 1 aromatic heterocycles. The molecule has 0 spiro atoms. The van der Waals surface area contributed by atoms with Crippen LogP contribution in [0.5, 0.6) is 0 Å². The lowest BCUT2D eigenvalue weighted by Crippen LogP contribution is -2.35. The summed E-state index contributed by atoms with van der Waals surface area (Å²) < 4.78 is 17.4. The fourth-order valence-corrected chi connectivity index (χ4v) is 4.04. The number of methoxy groups -OCH3 is 1. The molecule has 2 aromatic carbocycles. The van der Waals surface area contributed by atoms with Crippen LogP contribution >= 0.6 is 11.8 Å². The highest BCUT2D eigenvalue weighted by Gasteiger charge is 2.37. The highest BCUT2D eigenvalue weighted by molar-refractivity contribution is 7.99. The van der Waals surface area contributed by atoms with Crippen LogP contribution in [-0.4, -0.2) is 20.3 Å². The molecule has 3 nitrogen and oxygen atoms in total. The Labute approximate surface area is 145 Å². The van der Waals surface area contributed by atoms with Crippen LogP contribution in [0.2, 0.25) is 0 Å². The van der Waals surface area contributed by atoms with Crippen molar-refractivity contribution in [2.75, 3.05) is 20.3 Å². The van der Waals surface area contributed by atoms with Crippen LogP contribution in [0.15, 0.2) is 69.0 Å². The van der Waals surface area contributed by atoms with Crippen LogP contribution < -0.4 is 0 Å². The zero-order valence-electron chi connectivity index (χ0n) is 13.7. The summed E-state index contributed by atoms with van der Waals surface area (Å²) in [7, 11) is 1.75. The Kier molecular flexibility index (Phi) is 4.35. The van der Waals surface area contributed by atoms with E-state index in [-0.39, 0.29) is 5.60 Å². The number of furan rings is 1. The summed E-state index contributed by atoms with van der Waals surface area (Å²) in [6, 6.07) is 18.9. The van der Waals surface area contributed by atoms with Crippen molar-refractivity contribution in [3.8, 4) is 0 Å². The van der Waals surface area contributed by atoms with Gasteiger partial charge in [-0.25, -0.2) is 0 Å². The van der Waals surface area contributed by atoms with Gasteiger partial charge in [-0.3, -0.25) is 0 Å². The van der Waals surface area contributed by atoms with E-state index in [4.69, 9.17) is 13.9 Å². The molecule has 1 saturated heterocycles. The molecule has 0 atom stereocenters. The molecule has 1 fully saturated rings. The monoisotopic (exact) mass is 340 g/mol. The maximum absolute atomic E-state index is 6.12. The number of ether oxygens (including phenoxy) is 2. The minimum atomic E-state index is -0.347. The molecule has 4 rings (SSSR count). The van der Waals surface area contributed by atoms with E-state index in [1.807, 2.05) is 12.1 Å². The van der Waals surface area contributed by atoms with Crippen LogP contribution in [0.1, 0.15) is 18.6 Å². The normalized spacial score (nSPS) is 17.2. The summed E-state index contributed by atoms with van der Waals surface area (Å²) in [4.78, 5) is 1.17. The zero-order valence-corrected chi connectivity index (χ0v) is 14.5. The maximum atomic E-state index is 6.12. The molecule has 1 aliphatic heterocycles. The van der Waals surface area contributed by atoms with E-state index in [0.29, 0.717) is 13.2 Å². The molecular weight excluding hydrogens is 320 g/mol.